The zero-order valence-electron chi connectivity index (χ0n) is 8.16. The van der Waals surface area contributed by atoms with Gasteiger partial charge in [0.05, 0.1) is 11.4 Å². The smallest absolute Gasteiger partial charge is 0.226 e. The average Bonchev–Trinajstić information content (AvgIpc) is 2.08. The van der Waals surface area contributed by atoms with Crippen molar-refractivity contribution < 1.29 is 4.79 Å². The molecule has 70 valence electrons. The zero-order valence-corrected chi connectivity index (χ0v) is 8.16. The first-order valence-corrected chi connectivity index (χ1v) is 4.33. The molecule has 1 amide bonds. The number of nitrogens with zero attached hydrogens (tertiary/aromatic N) is 1. The largest absolute Gasteiger partial charge is 0.324 e. The summed E-state index contributed by atoms with van der Waals surface area (Å²) >= 11 is 0. The molecule has 1 aromatic heterocycles. The van der Waals surface area contributed by atoms with Crippen molar-refractivity contribution in [2.75, 3.05) is 5.32 Å². The molecule has 3 nitrogen and oxygen atoms in total. The molecule has 0 aliphatic carbocycles. The minimum Gasteiger partial charge on any atom is -0.324 e. The summed E-state index contributed by atoms with van der Waals surface area (Å²) in [6, 6.07) is 3.66. The van der Waals surface area contributed by atoms with Crippen LogP contribution in [0.5, 0.6) is 0 Å². The molecule has 0 unspecified atom stereocenters. The Morgan fingerprint density at radius 3 is 2.77 bits per heavy atom. The Kier molecular flexibility index (Phi) is 3.01. The molecule has 1 N–H and O–H groups in total. The molecule has 1 rings (SSSR count). The van der Waals surface area contributed by atoms with Gasteiger partial charge in [-0.25, -0.2) is 0 Å². The second-order valence-corrected chi connectivity index (χ2v) is 3.28. The number of nitrogens with one attached hydrogen (secondary N) is 1. The van der Waals surface area contributed by atoms with E-state index in [2.05, 4.69) is 10.3 Å². The van der Waals surface area contributed by atoms with Gasteiger partial charge >= 0.3 is 0 Å². The summed E-state index contributed by atoms with van der Waals surface area (Å²) in [4.78, 5) is 15.4. The van der Waals surface area contributed by atoms with Gasteiger partial charge in [0.25, 0.3) is 0 Å². The Bertz CT molecular complexity index is 308. The van der Waals surface area contributed by atoms with Crippen LogP contribution in [0.2, 0.25) is 0 Å². The average molecular weight is 178 g/mol. The van der Waals surface area contributed by atoms with Crippen molar-refractivity contribution >= 4 is 11.6 Å². The quantitative estimate of drug-likeness (QED) is 0.752. The lowest BCUT2D eigenvalue weighted by molar-refractivity contribution is -0.118. The Morgan fingerprint density at radius 1 is 1.54 bits per heavy atom. The Hall–Kier alpha value is -1.38. The highest BCUT2D eigenvalue weighted by atomic mass is 16.1. The highest BCUT2D eigenvalue weighted by molar-refractivity contribution is 5.92. The molecule has 0 aromatic carbocycles. The van der Waals surface area contributed by atoms with Crippen molar-refractivity contribution in [2.24, 2.45) is 5.92 Å². The zero-order chi connectivity index (χ0) is 9.84. The Balaban J connectivity index is 2.75. The fraction of sp³-hybridized carbons (Fsp3) is 0.400. The minimum absolute atomic E-state index is 0.000365. The van der Waals surface area contributed by atoms with E-state index in [0.717, 1.165) is 11.4 Å². The van der Waals surface area contributed by atoms with Crippen molar-refractivity contribution in [3.63, 3.8) is 0 Å². The second kappa shape index (κ2) is 4.03. The second-order valence-electron chi connectivity index (χ2n) is 3.28. The van der Waals surface area contributed by atoms with Crippen LogP contribution >= 0.6 is 0 Å². The highest BCUT2D eigenvalue weighted by Crippen LogP contribution is 2.11. The first-order valence-electron chi connectivity index (χ1n) is 4.33. The van der Waals surface area contributed by atoms with E-state index >= 15 is 0 Å². The van der Waals surface area contributed by atoms with Crippen molar-refractivity contribution in [3.05, 3.63) is 24.0 Å². The van der Waals surface area contributed by atoms with Crippen LogP contribution in [0.1, 0.15) is 19.5 Å². The van der Waals surface area contributed by atoms with E-state index in [1.807, 2.05) is 32.9 Å². The van der Waals surface area contributed by atoms with Crippen LogP contribution < -0.4 is 5.32 Å². The van der Waals surface area contributed by atoms with E-state index in [4.69, 9.17) is 0 Å². The van der Waals surface area contributed by atoms with Gasteiger partial charge in [0.1, 0.15) is 0 Å². The van der Waals surface area contributed by atoms with Gasteiger partial charge in [-0.1, -0.05) is 13.8 Å². The van der Waals surface area contributed by atoms with Crippen molar-refractivity contribution in [1.29, 1.82) is 0 Å². The van der Waals surface area contributed by atoms with Crippen LogP contribution in [0, 0.1) is 12.8 Å². The summed E-state index contributed by atoms with van der Waals surface area (Å²) in [5.74, 6) is 0.0238. The van der Waals surface area contributed by atoms with E-state index in [-0.39, 0.29) is 11.8 Å². The van der Waals surface area contributed by atoms with E-state index in [0.29, 0.717) is 0 Å². The Morgan fingerprint density at radius 2 is 2.23 bits per heavy atom. The maximum absolute atomic E-state index is 11.3. The predicted molar refractivity (Wildman–Crippen MR) is 52.4 cm³/mol. The lowest BCUT2D eigenvalue weighted by Gasteiger charge is -2.08. The number of anilines is 1. The maximum Gasteiger partial charge on any atom is 0.226 e. The first kappa shape index (κ1) is 9.71. The molecule has 0 radical (unpaired) electrons. The minimum atomic E-state index is -0.000365. The van der Waals surface area contributed by atoms with Crippen LogP contribution in [0.25, 0.3) is 0 Å². The van der Waals surface area contributed by atoms with E-state index < -0.39 is 0 Å². The fourth-order valence-corrected chi connectivity index (χ4v) is 0.893. The van der Waals surface area contributed by atoms with Gasteiger partial charge in [0, 0.05) is 12.1 Å². The summed E-state index contributed by atoms with van der Waals surface area (Å²) < 4.78 is 0. The molecule has 0 fully saturated rings. The summed E-state index contributed by atoms with van der Waals surface area (Å²) in [5, 5.41) is 2.81. The SMILES string of the molecule is Cc1ncccc1NC(=O)C(C)C. The molecule has 0 saturated carbocycles. The van der Waals surface area contributed by atoms with Gasteiger partial charge < -0.3 is 5.32 Å². The van der Waals surface area contributed by atoms with Crippen LogP contribution in [0.15, 0.2) is 18.3 Å². The molecule has 0 atom stereocenters. The molecule has 0 spiro atoms. The number of carbonyl (C=O) groups excluding carboxylic acids is 1. The van der Waals surface area contributed by atoms with Gasteiger partial charge in [0.15, 0.2) is 0 Å². The molecule has 3 heteroatoms. The molecule has 0 aliphatic heterocycles. The van der Waals surface area contributed by atoms with Crippen LogP contribution in [-0.4, -0.2) is 10.9 Å². The number of aromatic nitrogens is 1. The van der Waals surface area contributed by atoms with E-state index in [9.17, 15) is 4.79 Å². The van der Waals surface area contributed by atoms with Crippen molar-refractivity contribution in [1.82, 2.24) is 4.98 Å². The number of hydrogen-bond donors (Lipinski definition) is 1. The summed E-state index contributed by atoms with van der Waals surface area (Å²) in [5.41, 5.74) is 1.64. The van der Waals surface area contributed by atoms with Gasteiger partial charge in [0.2, 0.25) is 5.91 Å². The topological polar surface area (TPSA) is 42.0 Å². The van der Waals surface area contributed by atoms with Crippen LogP contribution in [0.4, 0.5) is 5.69 Å². The number of amides is 1. The summed E-state index contributed by atoms with van der Waals surface area (Å²) in [6.07, 6.45) is 1.71. The molecular weight excluding hydrogens is 164 g/mol. The van der Waals surface area contributed by atoms with Crippen LogP contribution in [-0.2, 0) is 4.79 Å². The maximum atomic E-state index is 11.3. The lowest BCUT2D eigenvalue weighted by Crippen LogP contribution is -2.18. The number of carbonyl (C=O) groups is 1. The molecular formula is C10H14N2O. The lowest BCUT2D eigenvalue weighted by atomic mass is 10.2. The van der Waals surface area contributed by atoms with Crippen LogP contribution in [0.3, 0.4) is 0 Å². The number of rotatable bonds is 2. The predicted octanol–water partition coefficient (Wildman–Crippen LogP) is 1.98. The number of aryl methyl sites for hydroxylation is 1. The molecule has 0 bridgehead atoms. The van der Waals surface area contributed by atoms with Gasteiger partial charge in [-0.3, -0.25) is 9.78 Å². The van der Waals surface area contributed by atoms with Crippen molar-refractivity contribution in [3.8, 4) is 0 Å². The fourth-order valence-electron chi connectivity index (χ4n) is 0.893. The first-order chi connectivity index (χ1) is 6.11. The normalized spacial score (nSPS) is 10.2. The van der Waals surface area contributed by atoms with Crippen molar-refractivity contribution in [2.45, 2.75) is 20.8 Å². The van der Waals surface area contributed by atoms with E-state index in [1.54, 1.807) is 6.20 Å². The summed E-state index contributed by atoms with van der Waals surface area (Å²) in [7, 11) is 0. The third-order valence-electron chi connectivity index (χ3n) is 1.79. The van der Waals surface area contributed by atoms with Gasteiger partial charge in [-0.05, 0) is 19.1 Å². The van der Waals surface area contributed by atoms with E-state index in [1.165, 1.54) is 0 Å². The monoisotopic (exact) mass is 178 g/mol. The third-order valence-corrected chi connectivity index (χ3v) is 1.79. The molecule has 0 saturated heterocycles. The molecule has 0 aliphatic rings. The molecule has 1 heterocycles. The molecule has 1 aromatic rings. The van der Waals surface area contributed by atoms with Gasteiger partial charge in [-0.2, -0.15) is 0 Å². The number of hydrogen-bond acceptors (Lipinski definition) is 2. The summed E-state index contributed by atoms with van der Waals surface area (Å²) in [6.45, 7) is 5.60. The number of pyridine rings is 1. The molecule has 13 heavy (non-hydrogen) atoms. The highest BCUT2D eigenvalue weighted by Gasteiger charge is 2.07. The standard InChI is InChI=1S/C10H14N2O/c1-7(2)10(13)12-9-5-4-6-11-8(9)3/h4-7H,1-3H3,(H,12,13). The third kappa shape index (κ3) is 2.54. The Labute approximate surface area is 78.2 Å². The van der Waals surface area contributed by atoms with Gasteiger partial charge in [-0.15, -0.1) is 0 Å².